The summed E-state index contributed by atoms with van der Waals surface area (Å²) in [5.41, 5.74) is 4.05. The Kier molecular flexibility index (Phi) is 10.5. The van der Waals surface area contributed by atoms with Crippen LogP contribution in [0.25, 0.3) is 0 Å². The third-order valence-corrected chi connectivity index (χ3v) is 8.51. The number of benzene rings is 3. The van der Waals surface area contributed by atoms with Crippen molar-refractivity contribution in [1.82, 2.24) is 10.2 Å². The summed E-state index contributed by atoms with van der Waals surface area (Å²) in [6.45, 7) is 11.8. The molecule has 0 saturated heterocycles. The number of carbonyl (C=O) groups excluding carboxylic acids is 2. The van der Waals surface area contributed by atoms with Crippen LogP contribution in [-0.4, -0.2) is 44.3 Å². The molecule has 1 atom stereocenters. The molecule has 3 aromatic carbocycles. The molecule has 0 aliphatic rings. The summed E-state index contributed by atoms with van der Waals surface area (Å²) in [6, 6.07) is 20.6. The monoisotopic (exact) mass is 563 g/mol. The van der Waals surface area contributed by atoms with Crippen LogP contribution >= 0.6 is 0 Å². The second-order valence-electron chi connectivity index (χ2n) is 10.7. The van der Waals surface area contributed by atoms with Gasteiger partial charge in [0.25, 0.3) is 10.0 Å². The Morgan fingerprint density at radius 2 is 1.55 bits per heavy atom. The predicted octanol–water partition coefficient (Wildman–Crippen LogP) is 5.39. The van der Waals surface area contributed by atoms with Crippen molar-refractivity contribution in [1.29, 1.82) is 0 Å². The molecule has 214 valence electrons. The number of carbonyl (C=O) groups is 2. The van der Waals surface area contributed by atoms with Crippen molar-refractivity contribution in [2.24, 2.45) is 5.92 Å². The van der Waals surface area contributed by atoms with Gasteiger partial charge in [-0.15, -0.1) is 0 Å². The van der Waals surface area contributed by atoms with Crippen molar-refractivity contribution in [3.05, 3.63) is 95.1 Å². The lowest BCUT2D eigenvalue weighted by molar-refractivity contribution is -0.140. The normalized spacial score (nSPS) is 12.2. The molecule has 0 aliphatic carbocycles. The summed E-state index contributed by atoms with van der Waals surface area (Å²) in [4.78, 5) is 29.1. The highest BCUT2D eigenvalue weighted by Crippen LogP contribution is 2.28. The molecular formula is C32H41N3O4S. The topological polar surface area (TPSA) is 86.8 Å². The SMILES string of the molecule is CCC(C(=O)NCC(C)C)N(Cc1cccc(C)c1)C(=O)CN(c1ccc(C)cc1C)S(=O)(=O)c1ccccc1. The van der Waals surface area contributed by atoms with Gasteiger partial charge in [0.2, 0.25) is 11.8 Å². The van der Waals surface area contributed by atoms with Gasteiger partial charge in [-0.25, -0.2) is 8.42 Å². The number of rotatable bonds is 12. The van der Waals surface area contributed by atoms with E-state index in [4.69, 9.17) is 0 Å². The summed E-state index contributed by atoms with van der Waals surface area (Å²) in [6.07, 6.45) is 0.385. The zero-order valence-electron chi connectivity index (χ0n) is 24.3. The molecule has 0 bridgehead atoms. The molecule has 1 N–H and O–H groups in total. The maximum absolute atomic E-state index is 14.2. The lowest BCUT2D eigenvalue weighted by atomic mass is 10.1. The predicted molar refractivity (Wildman–Crippen MR) is 161 cm³/mol. The number of hydrogen-bond donors (Lipinski definition) is 1. The van der Waals surface area contributed by atoms with E-state index in [-0.39, 0.29) is 23.3 Å². The molecule has 0 aliphatic heterocycles. The quantitative estimate of drug-likeness (QED) is 0.320. The minimum Gasteiger partial charge on any atom is -0.354 e. The molecule has 0 spiro atoms. The second-order valence-corrected chi connectivity index (χ2v) is 12.6. The maximum atomic E-state index is 14.2. The highest BCUT2D eigenvalue weighted by atomic mass is 32.2. The maximum Gasteiger partial charge on any atom is 0.264 e. The zero-order valence-corrected chi connectivity index (χ0v) is 25.2. The van der Waals surface area contributed by atoms with Gasteiger partial charge in [-0.3, -0.25) is 13.9 Å². The van der Waals surface area contributed by atoms with Gasteiger partial charge < -0.3 is 10.2 Å². The Labute approximate surface area is 239 Å². The number of nitrogens with one attached hydrogen (secondary N) is 1. The Bertz CT molecular complexity index is 1420. The van der Waals surface area contributed by atoms with Crippen LogP contribution in [-0.2, 0) is 26.2 Å². The fourth-order valence-corrected chi connectivity index (χ4v) is 6.17. The molecule has 0 saturated carbocycles. The van der Waals surface area contributed by atoms with Crippen LogP contribution in [0.15, 0.2) is 77.7 Å². The Morgan fingerprint density at radius 1 is 0.875 bits per heavy atom. The third kappa shape index (κ3) is 7.72. The summed E-state index contributed by atoms with van der Waals surface area (Å²) < 4.78 is 29.1. The fourth-order valence-electron chi connectivity index (χ4n) is 4.67. The fraction of sp³-hybridized carbons (Fsp3) is 0.375. The first-order valence-corrected chi connectivity index (χ1v) is 15.2. The summed E-state index contributed by atoms with van der Waals surface area (Å²) in [5, 5.41) is 2.96. The summed E-state index contributed by atoms with van der Waals surface area (Å²) >= 11 is 0. The van der Waals surface area contributed by atoms with Crippen LogP contribution in [0.1, 0.15) is 49.4 Å². The van der Waals surface area contributed by atoms with E-state index >= 15 is 0 Å². The summed E-state index contributed by atoms with van der Waals surface area (Å²) in [7, 11) is -4.09. The molecule has 0 aromatic heterocycles. The van der Waals surface area contributed by atoms with Crippen LogP contribution in [0.2, 0.25) is 0 Å². The molecule has 1 unspecified atom stereocenters. The standard InChI is InChI=1S/C32H41N3O4S/c1-7-29(32(37)33-20-23(2)3)34(21-27-13-11-12-24(4)19-27)31(36)22-35(30-17-16-25(5)18-26(30)6)40(38,39)28-14-9-8-10-15-28/h8-19,23,29H,7,20-22H2,1-6H3,(H,33,37). The van der Waals surface area contributed by atoms with E-state index in [1.165, 1.54) is 21.3 Å². The first-order valence-electron chi connectivity index (χ1n) is 13.7. The number of anilines is 1. The molecule has 3 aromatic rings. The first kappa shape index (κ1) is 30.9. The molecule has 7 nitrogen and oxygen atoms in total. The lowest BCUT2D eigenvalue weighted by Gasteiger charge is -2.33. The van der Waals surface area contributed by atoms with E-state index in [1.54, 1.807) is 24.3 Å². The van der Waals surface area contributed by atoms with Crippen molar-refractivity contribution in [2.75, 3.05) is 17.4 Å². The number of sulfonamides is 1. The lowest BCUT2D eigenvalue weighted by Crippen LogP contribution is -2.52. The first-order chi connectivity index (χ1) is 18.9. The summed E-state index contributed by atoms with van der Waals surface area (Å²) in [5.74, 6) is -0.452. The van der Waals surface area contributed by atoms with Gasteiger partial charge in [0.05, 0.1) is 10.6 Å². The van der Waals surface area contributed by atoms with Gasteiger partial charge in [0, 0.05) is 13.1 Å². The van der Waals surface area contributed by atoms with Crippen LogP contribution in [0, 0.1) is 26.7 Å². The van der Waals surface area contributed by atoms with Crippen molar-refractivity contribution in [2.45, 2.75) is 65.4 Å². The van der Waals surface area contributed by atoms with Gasteiger partial charge in [0.1, 0.15) is 12.6 Å². The van der Waals surface area contributed by atoms with Crippen molar-refractivity contribution in [3.63, 3.8) is 0 Å². The smallest absolute Gasteiger partial charge is 0.264 e. The van der Waals surface area contributed by atoms with Crippen molar-refractivity contribution >= 4 is 27.5 Å². The Morgan fingerprint density at radius 3 is 2.15 bits per heavy atom. The van der Waals surface area contributed by atoms with E-state index in [0.717, 1.165) is 22.3 Å². The molecule has 8 heteroatoms. The van der Waals surface area contributed by atoms with Gasteiger partial charge in [0.15, 0.2) is 0 Å². The number of hydrogen-bond acceptors (Lipinski definition) is 4. The Balaban J connectivity index is 2.07. The minimum atomic E-state index is -4.09. The van der Waals surface area contributed by atoms with Gasteiger partial charge in [-0.2, -0.15) is 0 Å². The van der Waals surface area contributed by atoms with Crippen LogP contribution in [0.4, 0.5) is 5.69 Å². The highest BCUT2D eigenvalue weighted by molar-refractivity contribution is 7.92. The second kappa shape index (κ2) is 13.6. The molecule has 2 amide bonds. The van der Waals surface area contributed by atoms with Crippen LogP contribution in [0.3, 0.4) is 0 Å². The van der Waals surface area contributed by atoms with Crippen LogP contribution in [0.5, 0.6) is 0 Å². The highest BCUT2D eigenvalue weighted by Gasteiger charge is 2.34. The van der Waals surface area contributed by atoms with E-state index in [0.29, 0.717) is 18.7 Å². The van der Waals surface area contributed by atoms with E-state index in [2.05, 4.69) is 5.32 Å². The zero-order chi connectivity index (χ0) is 29.4. The molecule has 3 rings (SSSR count). The number of aryl methyl sites for hydroxylation is 3. The van der Waals surface area contributed by atoms with Gasteiger partial charge >= 0.3 is 0 Å². The molecule has 0 radical (unpaired) electrons. The molecule has 40 heavy (non-hydrogen) atoms. The largest absolute Gasteiger partial charge is 0.354 e. The van der Waals surface area contributed by atoms with Crippen molar-refractivity contribution in [3.8, 4) is 0 Å². The van der Waals surface area contributed by atoms with Gasteiger partial charge in [-0.05, 0) is 62.4 Å². The third-order valence-electron chi connectivity index (χ3n) is 6.74. The number of nitrogens with zero attached hydrogens (tertiary/aromatic N) is 2. The molecule has 0 heterocycles. The molecule has 0 fully saturated rings. The van der Waals surface area contributed by atoms with E-state index < -0.39 is 28.5 Å². The minimum absolute atomic E-state index is 0.0923. The average molecular weight is 564 g/mol. The Hall–Kier alpha value is -3.65. The van der Waals surface area contributed by atoms with E-state index in [1.807, 2.05) is 77.9 Å². The van der Waals surface area contributed by atoms with Crippen LogP contribution < -0.4 is 9.62 Å². The van der Waals surface area contributed by atoms with E-state index in [9.17, 15) is 18.0 Å². The average Bonchev–Trinajstić information content (AvgIpc) is 2.91. The van der Waals surface area contributed by atoms with Crippen molar-refractivity contribution < 1.29 is 18.0 Å². The molecular weight excluding hydrogens is 522 g/mol. The van der Waals surface area contributed by atoms with Gasteiger partial charge in [-0.1, -0.05) is 86.5 Å². The number of amides is 2.